The Labute approximate surface area is 97.9 Å². The van der Waals surface area contributed by atoms with Crippen LogP contribution in [0.25, 0.3) is 0 Å². The normalized spacial score (nSPS) is 17.4. The van der Waals surface area contributed by atoms with Crippen LogP contribution in [0.3, 0.4) is 0 Å². The number of carbonyl (C=O) groups excluding carboxylic acids is 1. The minimum absolute atomic E-state index is 0.314. The SMILES string of the molecule is CC(C)(CCN)OC(=O)NCC1CCCC1. The molecule has 1 aliphatic carbocycles. The van der Waals surface area contributed by atoms with Crippen LogP contribution in [0.15, 0.2) is 0 Å². The zero-order chi connectivity index (χ0) is 12.0. The first kappa shape index (κ1) is 13.3. The van der Waals surface area contributed by atoms with Crippen LogP contribution in [0.2, 0.25) is 0 Å². The zero-order valence-electron chi connectivity index (χ0n) is 10.4. The van der Waals surface area contributed by atoms with Gasteiger partial charge in [0.2, 0.25) is 0 Å². The van der Waals surface area contributed by atoms with Crippen molar-refractivity contribution in [3.8, 4) is 0 Å². The van der Waals surface area contributed by atoms with Crippen LogP contribution in [-0.4, -0.2) is 24.8 Å². The van der Waals surface area contributed by atoms with Gasteiger partial charge in [0.1, 0.15) is 5.60 Å². The molecule has 1 saturated carbocycles. The number of alkyl carbamates (subject to hydrolysis) is 1. The largest absolute Gasteiger partial charge is 0.443 e. The summed E-state index contributed by atoms with van der Waals surface area (Å²) in [7, 11) is 0. The fourth-order valence-corrected chi connectivity index (χ4v) is 2.13. The quantitative estimate of drug-likeness (QED) is 0.756. The summed E-state index contributed by atoms with van der Waals surface area (Å²) in [6.45, 7) is 5.05. The fraction of sp³-hybridized carbons (Fsp3) is 0.917. The predicted octanol–water partition coefficient (Wildman–Crippen LogP) is 2.03. The number of hydrogen-bond donors (Lipinski definition) is 2. The monoisotopic (exact) mass is 228 g/mol. The number of nitrogens with one attached hydrogen (secondary N) is 1. The molecular weight excluding hydrogens is 204 g/mol. The van der Waals surface area contributed by atoms with E-state index in [4.69, 9.17) is 10.5 Å². The van der Waals surface area contributed by atoms with Crippen molar-refractivity contribution < 1.29 is 9.53 Å². The Morgan fingerprint density at radius 2 is 2.06 bits per heavy atom. The molecule has 0 saturated heterocycles. The van der Waals surface area contributed by atoms with E-state index in [1.807, 2.05) is 13.8 Å². The Morgan fingerprint density at radius 3 is 2.62 bits per heavy atom. The molecule has 0 aliphatic heterocycles. The topological polar surface area (TPSA) is 64.3 Å². The molecule has 16 heavy (non-hydrogen) atoms. The lowest BCUT2D eigenvalue weighted by Crippen LogP contribution is -2.37. The van der Waals surface area contributed by atoms with Gasteiger partial charge in [-0.15, -0.1) is 0 Å². The number of amides is 1. The van der Waals surface area contributed by atoms with E-state index >= 15 is 0 Å². The molecule has 0 atom stereocenters. The van der Waals surface area contributed by atoms with Crippen LogP contribution in [0, 0.1) is 5.92 Å². The lowest BCUT2D eigenvalue weighted by Gasteiger charge is -2.24. The Bertz CT molecular complexity index is 223. The number of nitrogens with two attached hydrogens (primary N) is 1. The molecule has 0 bridgehead atoms. The summed E-state index contributed by atoms with van der Waals surface area (Å²) in [5.41, 5.74) is 4.99. The molecule has 94 valence electrons. The molecule has 4 heteroatoms. The van der Waals surface area contributed by atoms with Crippen molar-refractivity contribution in [2.75, 3.05) is 13.1 Å². The maximum atomic E-state index is 11.5. The molecule has 0 aromatic heterocycles. The summed E-state index contributed by atoms with van der Waals surface area (Å²) < 4.78 is 5.31. The average Bonchev–Trinajstić information content (AvgIpc) is 2.66. The molecule has 4 nitrogen and oxygen atoms in total. The van der Waals surface area contributed by atoms with E-state index in [9.17, 15) is 4.79 Å². The summed E-state index contributed by atoms with van der Waals surface area (Å²) in [5.74, 6) is 0.644. The van der Waals surface area contributed by atoms with E-state index in [1.165, 1.54) is 25.7 Å². The van der Waals surface area contributed by atoms with Crippen molar-refractivity contribution in [1.82, 2.24) is 5.32 Å². The molecule has 0 spiro atoms. The smallest absolute Gasteiger partial charge is 0.407 e. The second kappa shape index (κ2) is 6.09. The van der Waals surface area contributed by atoms with Gasteiger partial charge in [-0.2, -0.15) is 0 Å². The van der Waals surface area contributed by atoms with Crippen LogP contribution in [0.5, 0.6) is 0 Å². The lowest BCUT2D eigenvalue weighted by molar-refractivity contribution is 0.0340. The van der Waals surface area contributed by atoms with Crippen molar-refractivity contribution in [1.29, 1.82) is 0 Å². The molecule has 1 fully saturated rings. The fourth-order valence-electron chi connectivity index (χ4n) is 2.13. The van der Waals surface area contributed by atoms with Crippen LogP contribution >= 0.6 is 0 Å². The van der Waals surface area contributed by atoms with E-state index in [0.717, 1.165) is 6.54 Å². The van der Waals surface area contributed by atoms with Crippen LogP contribution < -0.4 is 11.1 Å². The van der Waals surface area contributed by atoms with Gasteiger partial charge >= 0.3 is 6.09 Å². The van der Waals surface area contributed by atoms with Crippen molar-refractivity contribution in [2.24, 2.45) is 11.7 Å². The van der Waals surface area contributed by atoms with Gasteiger partial charge in [0.15, 0.2) is 0 Å². The Morgan fingerprint density at radius 1 is 1.44 bits per heavy atom. The average molecular weight is 228 g/mol. The van der Waals surface area contributed by atoms with Gasteiger partial charge in [-0.1, -0.05) is 12.8 Å². The summed E-state index contributed by atoms with van der Waals surface area (Å²) in [5, 5.41) is 2.84. The molecule has 1 aliphatic rings. The molecular formula is C12H24N2O2. The third-order valence-corrected chi connectivity index (χ3v) is 3.13. The van der Waals surface area contributed by atoms with E-state index < -0.39 is 5.60 Å². The van der Waals surface area contributed by atoms with Crippen molar-refractivity contribution in [2.45, 2.75) is 51.6 Å². The first-order chi connectivity index (χ1) is 7.53. The van der Waals surface area contributed by atoms with Gasteiger partial charge in [0, 0.05) is 6.54 Å². The van der Waals surface area contributed by atoms with E-state index in [-0.39, 0.29) is 6.09 Å². The highest BCUT2D eigenvalue weighted by Crippen LogP contribution is 2.23. The second-order valence-electron chi connectivity index (χ2n) is 5.22. The van der Waals surface area contributed by atoms with Crippen LogP contribution in [0.1, 0.15) is 46.0 Å². The van der Waals surface area contributed by atoms with Gasteiger partial charge in [0.25, 0.3) is 0 Å². The Balaban J connectivity index is 2.19. The highest BCUT2D eigenvalue weighted by molar-refractivity contribution is 5.67. The van der Waals surface area contributed by atoms with Crippen LogP contribution in [-0.2, 0) is 4.74 Å². The number of rotatable bonds is 5. The molecule has 0 heterocycles. The number of ether oxygens (including phenoxy) is 1. The number of hydrogen-bond acceptors (Lipinski definition) is 3. The lowest BCUT2D eigenvalue weighted by atomic mass is 10.1. The summed E-state index contributed by atoms with van der Waals surface area (Å²) >= 11 is 0. The summed E-state index contributed by atoms with van der Waals surface area (Å²) in [6.07, 6.45) is 5.41. The molecule has 0 unspecified atom stereocenters. The number of carbonyl (C=O) groups is 1. The third kappa shape index (κ3) is 4.84. The van der Waals surface area contributed by atoms with Gasteiger partial charge < -0.3 is 15.8 Å². The molecule has 0 radical (unpaired) electrons. The van der Waals surface area contributed by atoms with E-state index in [2.05, 4.69) is 5.32 Å². The maximum absolute atomic E-state index is 11.5. The molecule has 1 rings (SSSR count). The zero-order valence-corrected chi connectivity index (χ0v) is 10.4. The van der Waals surface area contributed by atoms with Gasteiger partial charge in [-0.05, 0) is 45.6 Å². The first-order valence-electron chi connectivity index (χ1n) is 6.20. The van der Waals surface area contributed by atoms with Crippen LogP contribution in [0.4, 0.5) is 4.79 Å². The van der Waals surface area contributed by atoms with E-state index in [0.29, 0.717) is 18.9 Å². The highest BCUT2D eigenvalue weighted by atomic mass is 16.6. The maximum Gasteiger partial charge on any atom is 0.407 e. The minimum Gasteiger partial charge on any atom is -0.443 e. The van der Waals surface area contributed by atoms with Crippen molar-refractivity contribution >= 4 is 6.09 Å². The Hall–Kier alpha value is -0.770. The molecule has 3 N–H and O–H groups in total. The van der Waals surface area contributed by atoms with Gasteiger partial charge in [-0.3, -0.25) is 0 Å². The minimum atomic E-state index is -0.464. The van der Waals surface area contributed by atoms with Gasteiger partial charge in [0.05, 0.1) is 0 Å². The summed E-state index contributed by atoms with van der Waals surface area (Å²) in [4.78, 5) is 11.5. The molecule has 0 aromatic carbocycles. The van der Waals surface area contributed by atoms with Crippen molar-refractivity contribution in [3.63, 3.8) is 0 Å². The molecule has 0 aromatic rings. The second-order valence-corrected chi connectivity index (χ2v) is 5.22. The highest BCUT2D eigenvalue weighted by Gasteiger charge is 2.22. The third-order valence-electron chi connectivity index (χ3n) is 3.13. The standard InChI is InChI=1S/C12H24N2O2/c1-12(2,7-8-13)16-11(15)14-9-10-5-3-4-6-10/h10H,3-9,13H2,1-2H3,(H,14,15). The predicted molar refractivity (Wildman–Crippen MR) is 64.2 cm³/mol. The Kier molecular flexibility index (Phi) is 5.06. The molecule has 1 amide bonds. The first-order valence-corrected chi connectivity index (χ1v) is 6.20. The van der Waals surface area contributed by atoms with E-state index in [1.54, 1.807) is 0 Å². The van der Waals surface area contributed by atoms with Gasteiger partial charge in [-0.25, -0.2) is 4.79 Å². The van der Waals surface area contributed by atoms with Crippen molar-refractivity contribution in [3.05, 3.63) is 0 Å². The summed E-state index contributed by atoms with van der Waals surface area (Å²) in [6, 6.07) is 0.